The van der Waals surface area contributed by atoms with Crippen molar-refractivity contribution < 1.29 is 4.79 Å². The van der Waals surface area contributed by atoms with Crippen molar-refractivity contribution in [1.82, 2.24) is 4.98 Å². The van der Waals surface area contributed by atoms with Gasteiger partial charge in [-0.2, -0.15) is 0 Å². The van der Waals surface area contributed by atoms with Crippen LogP contribution < -0.4 is 5.32 Å². The lowest BCUT2D eigenvalue weighted by Crippen LogP contribution is -2.27. The van der Waals surface area contributed by atoms with Crippen molar-refractivity contribution in [3.63, 3.8) is 0 Å². The Morgan fingerprint density at radius 1 is 1.00 bits per heavy atom. The van der Waals surface area contributed by atoms with Crippen LogP contribution in [-0.2, 0) is 4.79 Å². The maximum absolute atomic E-state index is 11.9. The smallest absolute Gasteiger partial charge is 0.230 e. The average molecular weight is 278 g/mol. The van der Waals surface area contributed by atoms with E-state index >= 15 is 0 Å². The van der Waals surface area contributed by atoms with Gasteiger partial charge in [0.05, 0.1) is 0 Å². The zero-order chi connectivity index (χ0) is 15.3. The zero-order valence-corrected chi connectivity index (χ0v) is 12.5. The molecule has 0 aliphatic carbocycles. The minimum absolute atomic E-state index is 0.0573. The number of anilines is 1. The van der Waals surface area contributed by atoms with Crippen LogP contribution in [-0.4, -0.2) is 10.9 Å². The molecule has 0 aliphatic heterocycles. The van der Waals surface area contributed by atoms with Crippen molar-refractivity contribution in [2.45, 2.75) is 20.8 Å². The van der Waals surface area contributed by atoms with E-state index in [1.165, 1.54) is 0 Å². The molecule has 1 aromatic carbocycles. The van der Waals surface area contributed by atoms with Gasteiger partial charge in [0.1, 0.15) is 5.82 Å². The Hall–Kier alpha value is -2.60. The molecule has 0 unspecified atom stereocenters. The van der Waals surface area contributed by atoms with Crippen molar-refractivity contribution >= 4 is 11.7 Å². The minimum Gasteiger partial charge on any atom is -0.310 e. The fourth-order valence-electron chi connectivity index (χ4n) is 1.51. The van der Waals surface area contributed by atoms with E-state index in [0.717, 1.165) is 11.1 Å². The number of aromatic nitrogens is 1. The first kappa shape index (κ1) is 14.8. The lowest BCUT2D eigenvalue weighted by Gasteiger charge is -2.16. The van der Waals surface area contributed by atoms with Crippen molar-refractivity contribution in [2.24, 2.45) is 5.41 Å². The Balaban J connectivity index is 2.07. The molecule has 2 aromatic rings. The number of benzene rings is 1. The summed E-state index contributed by atoms with van der Waals surface area (Å²) < 4.78 is 0. The van der Waals surface area contributed by atoms with E-state index in [1.807, 2.05) is 57.2 Å². The second kappa shape index (κ2) is 6.23. The summed E-state index contributed by atoms with van der Waals surface area (Å²) in [6.07, 6.45) is 1.66. The zero-order valence-electron chi connectivity index (χ0n) is 12.5. The second-order valence-electron chi connectivity index (χ2n) is 5.75. The van der Waals surface area contributed by atoms with Gasteiger partial charge in [0.25, 0.3) is 0 Å². The number of amides is 1. The van der Waals surface area contributed by atoms with Crippen LogP contribution in [0.25, 0.3) is 0 Å². The van der Waals surface area contributed by atoms with Gasteiger partial charge < -0.3 is 5.32 Å². The number of carbonyl (C=O) groups is 1. The number of nitrogens with one attached hydrogen (secondary N) is 1. The van der Waals surface area contributed by atoms with E-state index in [0.29, 0.717) is 5.82 Å². The molecule has 0 aliphatic rings. The first-order valence-corrected chi connectivity index (χ1v) is 6.80. The Morgan fingerprint density at radius 3 is 2.24 bits per heavy atom. The number of hydrogen-bond donors (Lipinski definition) is 1. The van der Waals surface area contributed by atoms with Crippen LogP contribution in [0.15, 0.2) is 48.7 Å². The summed E-state index contributed by atoms with van der Waals surface area (Å²) >= 11 is 0. The molecule has 21 heavy (non-hydrogen) atoms. The summed E-state index contributed by atoms with van der Waals surface area (Å²) in [5, 5.41) is 2.78. The van der Waals surface area contributed by atoms with Gasteiger partial charge in [-0.3, -0.25) is 4.79 Å². The van der Waals surface area contributed by atoms with Crippen LogP contribution >= 0.6 is 0 Å². The molecule has 3 heteroatoms. The fraction of sp³-hybridized carbons (Fsp3) is 0.222. The maximum atomic E-state index is 11.9. The summed E-state index contributed by atoms with van der Waals surface area (Å²) in [7, 11) is 0. The van der Waals surface area contributed by atoms with E-state index in [2.05, 4.69) is 22.1 Å². The number of pyridine rings is 1. The molecule has 0 radical (unpaired) electrons. The highest BCUT2D eigenvalue weighted by Crippen LogP contribution is 2.16. The quantitative estimate of drug-likeness (QED) is 0.812. The SMILES string of the molecule is CC(C)(C)C(=O)Nc1ccc(C#Cc2ccccc2)cn1. The van der Waals surface area contributed by atoms with E-state index in [1.54, 1.807) is 12.3 Å². The number of hydrogen-bond acceptors (Lipinski definition) is 2. The third-order valence-electron chi connectivity index (χ3n) is 2.81. The van der Waals surface area contributed by atoms with Crippen molar-refractivity contribution in [1.29, 1.82) is 0 Å². The van der Waals surface area contributed by atoms with Crippen LogP contribution in [0.5, 0.6) is 0 Å². The largest absolute Gasteiger partial charge is 0.310 e. The molecule has 0 saturated carbocycles. The van der Waals surface area contributed by atoms with Gasteiger partial charge in [-0.05, 0) is 24.3 Å². The summed E-state index contributed by atoms with van der Waals surface area (Å²) in [5.74, 6) is 6.60. The minimum atomic E-state index is -0.437. The Labute approximate surface area is 125 Å². The summed E-state index contributed by atoms with van der Waals surface area (Å²) in [6, 6.07) is 13.4. The molecule has 1 heterocycles. The summed E-state index contributed by atoms with van der Waals surface area (Å²) in [5.41, 5.74) is 1.34. The molecule has 1 amide bonds. The molecule has 3 nitrogen and oxygen atoms in total. The summed E-state index contributed by atoms with van der Waals surface area (Å²) in [4.78, 5) is 16.1. The molecule has 0 fully saturated rings. The predicted molar refractivity (Wildman–Crippen MR) is 84.7 cm³/mol. The number of nitrogens with zero attached hydrogens (tertiary/aromatic N) is 1. The molecule has 0 atom stereocenters. The van der Waals surface area contributed by atoms with Gasteiger partial charge in [0, 0.05) is 22.7 Å². The molecule has 0 spiro atoms. The van der Waals surface area contributed by atoms with Gasteiger partial charge in [0.15, 0.2) is 0 Å². The lowest BCUT2D eigenvalue weighted by molar-refractivity contribution is -0.123. The lowest BCUT2D eigenvalue weighted by atomic mass is 9.96. The fourth-order valence-corrected chi connectivity index (χ4v) is 1.51. The highest BCUT2D eigenvalue weighted by atomic mass is 16.2. The second-order valence-corrected chi connectivity index (χ2v) is 5.75. The van der Waals surface area contributed by atoms with Gasteiger partial charge in [0.2, 0.25) is 5.91 Å². The number of carbonyl (C=O) groups excluding carboxylic acids is 1. The van der Waals surface area contributed by atoms with E-state index < -0.39 is 5.41 Å². The number of rotatable bonds is 1. The molecule has 0 saturated heterocycles. The van der Waals surface area contributed by atoms with Gasteiger partial charge in [-0.25, -0.2) is 4.98 Å². The standard InChI is InChI=1S/C18H18N2O/c1-18(2,3)17(21)20-16-12-11-15(13-19-16)10-9-14-7-5-4-6-8-14/h4-8,11-13H,1-3H3,(H,19,20,21). The van der Waals surface area contributed by atoms with Gasteiger partial charge in [-0.15, -0.1) is 0 Å². The monoisotopic (exact) mass is 278 g/mol. The molecule has 106 valence electrons. The van der Waals surface area contributed by atoms with Crippen molar-refractivity contribution in [2.75, 3.05) is 5.32 Å². The Bertz CT molecular complexity index is 671. The average Bonchev–Trinajstić information content (AvgIpc) is 2.46. The van der Waals surface area contributed by atoms with Crippen LogP contribution in [0.3, 0.4) is 0 Å². The third-order valence-corrected chi connectivity index (χ3v) is 2.81. The third kappa shape index (κ3) is 4.47. The first-order chi connectivity index (χ1) is 9.95. The van der Waals surface area contributed by atoms with E-state index in [-0.39, 0.29) is 5.91 Å². The topological polar surface area (TPSA) is 42.0 Å². The van der Waals surface area contributed by atoms with Crippen molar-refractivity contribution in [3.05, 3.63) is 59.8 Å². The predicted octanol–water partition coefficient (Wildman–Crippen LogP) is 3.47. The first-order valence-electron chi connectivity index (χ1n) is 6.80. The molecule has 1 N–H and O–H groups in total. The molecule has 0 bridgehead atoms. The van der Waals surface area contributed by atoms with Crippen LogP contribution in [0.2, 0.25) is 0 Å². The van der Waals surface area contributed by atoms with Crippen molar-refractivity contribution in [3.8, 4) is 11.8 Å². The highest BCUT2D eigenvalue weighted by Gasteiger charge is 2.21. The molecular weight excluding hydrogens is 260 g/mol. The van der Waals surface area contributed by atoms with Crippen LogP contribution in [0, 0.1) is 17.3 Å². The Kier molecular flexibility index (Phi) is 4.39. The van der Waals surface area contributed by atoms with Crippen LogP contribution in [0.1, 0.15) is 31.9 Å². The van der Waals surface area contributed by atoms with Gasteiger partial charge in [-0.1, -0.05) is 50.8 Å². The normalized spacial score (nSPS) is 10.4. The molecule has 2 rings (SSSR count). The van der Waals surface area contributed by atoms with E-state index in [4.69, 9.17) is 0 Å². The molecular formula is C18H18N2O. The Morgan fingerprint density at radius 2 is 1.67 bits per heavy atom. The molecule has 1 aromatic heterocycles. The van der Waals surface area contributed by atoms with Crippen LogP contribution in [0.4, 0.5) is 5.82 Å². The van der Waals surface area contributed by atoms with E-state index in [9.17, 15) is 4.79 Å². The summed E-state index contributed by atoms with van der Waals surface area (Å²) in [6.45, 7) is 5.59. The van der Waals surface area contributed by atoms with Gasteiger partial charge >= 0.3 is 0 Å². The maximum Gasteiger partial charge on any atom is 0.230 e. The highest BCUT2D eigenvalue weighted by molar-refractivity contribution is 5.93.